The van der Waals surface area contributed by atoms with E-state index in [0.717, 1.165) is 33.0 Å². The van der Waals surface area contributed by atoms with Crippen LogP contribution in [0.15, 0.2) is 47.4 Å². The average Bonchev–Trinajstić information content (AvgIpc) is 2.79. The monoisotopic (exact) mass is 357 g/mol. The first-order valence-electron chi connectivity index (χ1n) is 7.88. The van der Waals surface area contributed by atoms with E-state index in [2.05, 4.69) is 6.07 Å². The summed E-state index contributed by atoms with van der Waals surface area (Å²) in [7, 11) is 0. The molecule has 3 aromatic rings. The predicted molar refractivity (Wildman–Crippen MR) is 100.0 cm³/mol. The topological polar surface area (TPSA) is 20.3 Å². The molecular formula is C19H16FNOS2. The van der Waals surface area contributed by atoms with E-state index in [4.69, 9.17) is 0 Å². The lowest BCUT2D eigenvalue weighted by Crippen LogP contribution is -2.31. The van der Waals surface area contributed by atoms with Crippen molar-refractivity contribution in [1.29, 1.82) is 0 Å². The van der Waals surface area contributed by atoms with E-state index >= 15 is 0 Å². The Kier molecular flexibility index (Phi) is 4.06. The molecule has 1 aliphatic heterocycles. The second-order valence-corrected chi connectivity index (χ2v) is 7.98. The molecule has 0 unspecified atom stereocenters. The van der Waals surface area contributed by atoms with E-state index in [1.54, 1.807) is 17.8 Å². The number of hydrogen-bond donors (Lipinski definition) is 0. The minimum absolute atomic E-state index is 0.0250. The Morgan fingerprint density at radius 1 is 1.17 bits per heavy atom. The molecule has 0 fully saturated rings. The van der Waals surface area contributed by atoms with Gasteiger partial charge in [0.05, 0.1) is 10.6 Å². The highest BCUT2D eigenvalue weighted by atomic mass is 32.2. The van der Waals surface area contributed by atoms with Crippen LogP contribution >= 0.6 is 23.1 Å². The first-order chi connectivity index (χ1) is 11.7. The zero-order valence-electron chi connectivity index (χ0n) is 13.2. The summed E-state index contributed by atoms with van der Waals surface area (Å²) in [6, 6.07) is 13.0. The number of amides is 1. The lowest BCUT2D eigenvalue weighted by molar-refractivity contribution is 0.0990. The molecule has 2 heterocycles. The third kappa shape index (κ3) is 2.52. The molecule has 0 N–H and O–H groups in total. The first kappa shape index (κ1) is 15.7. The Morgan fingerprint density at radius 3 is 2.83 bits per heavy atom. The molecule has 1 amide bonds. The number of thiophene rings is 1. The predicted octanol–water partition coefficient (Wildman–Crippen LogP) is 5.49. The van der Waals surface area contributed by atoms with Gasteiger partial charge in [-0.15, -0.1) is 23.1 Å². The Bertz CT molecular complexity index is 934. The van der Waals surface area contributed by atoms with Gasteiger partial charge in [-0.3, -0.25) is 4.79 Å². The number of hydrogen-bond acceptors (Lipinski definition) is 3. The minimum atomic E-state index is -0.257. The van der Waals surface area contributed by atoms with Gasteiger partial charge in [0, 0.05) is 21.5 Å². The van der Waals surface area contributed by atoms with Crippen LogP contribution in [0.4, 0.5) is 10.1 Å². The van der Waals surface area contributed by atoms with Gasteiger partial charge in [0.1, 0.15) is 5.82 Å². The molecule has 0 atom stereocenters. The normalized spacial score (nSPS) is 14.5. The number of carbonyl (C=O) groups is 1. The quantitative estimate of drug-likeness (QED) is 0.574. The van der Waals surface area contributed by atoms with Crippen molar-refractivity contribution < 1.29 is 9.18 Å². The highest BCUT2D eigenvalue weighted by Crippen LogP contribution is 2.37. The van der Waals surface area contributed by atoms with Gasteiger partial charge in [-0.2, -0.15) is 0 Å². The van der Waals surface area contributed by atoms with Crippen LogP contribution in [0.5, 0.6) is 0 Å². The average molecular weight is 357 g/mol. The van der Waals surface area contributed by atoms with E-state index < -0.39 is 0 Å². The second-order valence-electron chi connectivity index (χ2n) is 5.80. The largest absolute Gasteiger partial charge is 0.306 e. The van der Waals surface area contributed by atoms with Crippen LogP contribution in [0.3, 0.4) is 0 Å². The van der Waals surface area contributed by atoms with E-state index in [1.807, 2.05) is 36.1 Å². The number of para-hydroxylation sites is 1. The fraction of sp³-hybridized carbons (Fsp3) is 0.211. The van der Waals surface area contributed by atoms with Gasteiger partial charge < -0.3 is 4.90 Å². The van der Waals surface area contributed by atoms with Crippen molar-refractivity contribution in [2.45, 2.75) is 18.2 Å². The summed E-state index contributed by atoms with van der Waals surface area (Å²) < 4.78 is 15.0. The summed E-state index contributed by atoms with van der Waals surface area (Å²) in [6.07, 6.45) is 0.948. The summed E-state index contributed by atoms with van der Waals surface area (Å²) in [5.74, 6) is 0.719. The zero-order valence-corrected chi connectivity index (χ0v) is 14.8. The first-order valence-corrected chi connectivity index (χ1v) is 9.68. The van der Waals surface area contributed by atoms with Crippen molar-refractivity contribution in [1.82, 2.24) is 0 Å². The molecule has 2 aromatic carbocycles. The van der Waals surface area contributed by atoms with E-state index in [1.165, 1.54) is 17.4 Å². The van der Waals surface area contributed by atoms with Gasteiger partial charge in [0.2, 0.25) is 0 Å². The van der Waals surface area contributed by atoms with Gasteiger partial charge in [-0.25, -0.2) is 4.39 Å². The van der Waals surface area contributed by atoms with Crippen LogP contribution in [0, 0.1) is 12.7 Å². The molecule has 0 saturated carbocycles. The molecule has 5 heteroatoms. The molecule has 1 aliphatic rings. The zero-order chi connectivity index (χ0) is 16.7. The molecule has 0 bridgehead atoms. The fourth-order valence-electron chi connectivity index (χ4n) is 3.12. The van der Waals surface area contributed by atoms with Crippen molar-refractivity contribution >= 4 is 44.8 Å². The summed E-state index contributed by atoms with van der Waals surface area (Å²) in [4.78, 5) is 16.8. The molecule has 0 aliphatic carbocycles. The molecular weight excluding hydrogens is 341 g/mol. The number of rotatable bonds is 1. The van der Waals surface area contributed by atoms with E-state index in [9.17, 15) is 9.18 Å². The number of aryl methyl sites for hydroxylation is 1. The number of carbonyl (C=O) groups excluding carboxylic acids is 1. The maximum atomic E-state index is 14.1. The Hall–Kier alpha value is -1.85. The highest BCUT2D eigenvalue weighted by molar-refractivity contribution is 7.99. The van der Waals surface area contributed by atoms with Gasteiger partial charge in [-0.1, -0.05) is 18.2 Å². The molecule has 1 aromatic heterocycles. The molecule has 2 nitrogen and oxygen atoms in total. The Morgan fingerprint density at radius 2 is 2.00 bits per heavy atom. The number of halogens is 1. The number of anilines is 1. The van der Waals surface area contributed by atoms with Crippen LogP contribution in [-0.2, 0) is 0 Å². The number of benzene rings is 2. The van der Waals surface area contributed by atoms with Crippen molar-refractivity contribution in [2.24, 2.45) is 0 Å². The third-order valence-electron chi connectivity index (χ3n) is 4.28. The standard InChI is InChI=1S/C19H16FNOS2/c1-12-17-13(20)6-4-9-16(17)24-18(12)19(22)21-10-5-11-23-15-8-3-2-7-14(15)21/h2-4,6-9H,5,10-11H2,1H3. The van der Waals surface area contributed by atoms with Crippen LogP contribution in [0.2, 0.25) is 0 Å². The lowest BCUT2D eigenvalue weighted by atomic mass is 10.1. The van der Waals surface area contributed by atoms with Crippen LogP contribution in [-0.4, -0.2) is 18.2 Å². The fourth-order valence-corrected chi connectivity index (χ4v) is 5.28. The summed E-state index contributed by atoms with van der Waals surface area (Å²) in [5, 5.41) is 0.573. The molecule has 0 saturated heterocycles. The maximum Gasteiger partial charge on any atom is 0.268 e. The van der Waals surface area contributed by atoms with Crippen molar-refractivity contribution in [3.8, 4) is 0 Å². The number of fused-ring (bicyclic) bond motifs is 2. The van der Waals surface area contributed by atoms with Gasteiger partial charge in [-0.05, 0) is 48.9 Å². The molecule has 4 rings (SSSR count). The summed E-state index contributed by atoms with van der Waals surface area (Å²) in [6.45, 7) is 2.53. The molecule has 0 spiro atoms. The van der Waals surface area contributed by atoms with Crippen molar-refractivity contribution in [2.75, 3.05) is 17.2 Å². The second kappa shape index (κ2) is 6.22. The number of nitrogens with zero attached hydrogens (tertiary/aromatic N) is 1. The van der Waals surface area contributed by atoms with E-state index in [-0.39, 0.29) is 11.7 Å². The SMILES string of the molecule is Cc1c(C(=O)N2CCCSc3ccccc32)sc2cccc(F)c12. The molecule has 24 heavy (non-hydrogen) atoms. The number of thioether (sulfide) groups is 1. The molecule has 122 valence electrons. The van der Waals surface area contributed by atoms with Gasteiger partial charge in [0.25, 0.3) is 5.91 Å². The van der Waals surface area contributed by atoms with E-state index in [0.29, 0.717) is 16.8 Å². The lowest BCUT2D eigenvalue weighted by Gasteiger charge is -2.22. The van der Waals surface area contributed by atoms with Crippen LogP contribution in [0.25, 0.3) is 10.1 Å². The van der Waals surface area contributed by atoms with Crippen LogP contribution in [0.1, 0.15) is 21.7 Å². The Balaban J connectivity index is 1.82. The van der Waals surface area contributed by atoms with Crippen molar-refractivity contribution in [3.63, 3.8) is 0 Å². The summed E-state index contributed by atoms with van der Waals surface area (Å²) >= 11 is 3.17. The van der Waals surface area contributed by atoms with Crippen LogP contribution < -0.4 is 4.90 Å². The molecule has 0 radical (unpaired) electrons. The smallest absolute Gasteiger partial charge is 0.268 e. The maximum absolute atomic E-state index is 14.1. The highest BCUT2D eigenvalue weighted by Gasteiger charge is 2.26. The summed E-state index contributed by atoms with van der Waals surface area (Å²) in [5.41, 5.74) is 1.70. The van der Waals surface area contributed by atoms with Crippen molar-refractivity contribution in [3.05, 3.63) is 58.7 Å². The minimum Gasteiger partial charge on any atom is -0.306 e. The van der Waals surface area contributed by atoms with Gasteiger partial charge in [0.15, 0.2) is 0 Å². The third-order valence-corrected chi connectivity index (χ3v) is 6.68. The Labute approximate surface area is 148 Å². The van der Waals surface area contributed by atoms with Gasteiger partial charge >= 0.3 is 0 Å².